The van der Waals surface area contributed by atoms with Crippen LogP contribution in [-0.2, 0) is 13.1 Å². The fraction of sp³-hybridized carbons (Fsp3) is 0.435. The molecule has 2 aromatic rings. The van der Waals surface area contributed by atoms with Crippen LogP contribution in [0.15, 0.2) is 53.5 Å². The summed E-state index contributed by atoms with van der Waals surface area (Å²) in [4.78, 5) is 7.20. The lowest BCUT2D eigenvalue weighted by atomic mass is 10.2. The average Bonchev–Trinajstić information content (AvgIpc) is 3.19. The molecule has 0 spiro atoms. The van der Waals surface area contributed by atoms with E-state index >= 15 is 0 Å². The molecule has 2 aromatic carbocycles. The number of nitrogens with zero attached hydrogens (tertiary/aromatic N) is 2. The van der Waals surface area contributed by atoms with E-state index in [2.05, 4.69) is 46.7 Å². The van der Waals surface area contributed by atoms with Gasteiger partial charge >= 0.3 is 0 Å². The molecule has 1 fully saturated rings. The van der Waals surface area contributed by atoms with Gasteiger partial charge in [0.1, 0.15) is 11.5 Å². The number of rotatable bonds is 8. The van der Waals surface area contributed by atoms with Crippen molar-refractivity contribution in [2.24, 2.45) is 4.99 Å². The van der Waals surface area contributed by atoms with Crippen LogP contribution in [0.2, 0.25) is 0 Å². The summed E-state index contributed by atoms with van der Waals surface area (Å²) in [6, 6.07) is 16.8. The number of hydrogen-bond donors (Lipinski definition) is 2. The maximum absolute atomic E-state index is 5.39. The Balaban J connectivity index is 0.00000320. The lowest BCUT2D eigenvalue weighted by Gasteiger charge is -2.19. The molecule has 1 aliphatic heterocycles. The molecule has 1 saturated heterocycles. The zero-order chi connectivity index (χ0) is 20.5. The number of guanidine groups is 1. The highest BCUT2D eigenvalue weighted by Crippen LogP contribution is 2.24. The summed E-state index contributed by atoms with van der Waals surface area (Å²) < 4.78 is 10.8. The fourth-order valence-electron chi connectivity index (χ4n) is 3.58. The number of benzene rings is 2. The van der Waals surface area contributed by atoms with E-state index in [1.807, 2.05) is 24.3 Å². The smallest absolute Gasteiger partial charge is 0.191 e. The molecule has 30 heavy (non-hydrogen) atoms. The second-order valence-electron chi connectivity index (χ2n) is 7.27. The molecule has 0 saturated carbocycles. The van der Waals surface area contributed by atoms with Gasteiger partial charge in [-0.2, -0.15) is 0 Å². The van der Waals surface area contributed by atoms with Crippen LogP contribution in [0.5, 0.6) is 11.5 Å². The second kappa shape index (κ2) is 12.6. The van der Waals surface area contributed by atoms with E-state index < -0.39 is 0 Å². The highest BCUT2D eigenvalue weighted by Gasteiger charge is 2.23. The first-order valence-electron chi connectivity index (χ1n) is 10.2. The molecule has 0 amide bonds. The largest absolute Gasteiger partial charge is 0.497 e. The molecular formula is C23H33IN4O2. The molecular weight excluding hydrogens is 491 g/mol. The van der Waals surface area contributed by atoms with Crippen LogP contribution in [0.1, 0.15) is 24.5 Å². The Morgan fingerprint density at radius 3 is 2.40 bits per heavy atom. The zero-order valence-corrected chi connectivity index (χ0v) is 20.4. The number of aliphatic imine (C=N–C) groups is 1. The zero-order valence-electron chi connectivity index (χ0n) is 18.1. The van der Waals surface area contributed by atoms with Gasteiger partial charge in [0.2, 0.25) is 0 Å². The Hall–Kier alpha value is -2.00. The van der Waals surface area contributed by atoms with Gasteiger partial charge in [-0.15, -0.1) is 24.0 Å². The van der Waals surface area contributed by atoms with E-state index in [0.717, 1.165) is 50.1 Å². The first-order valence-corrected chi connectivity index (χ1v) is 10.2. The van der Waals surface area contributed by atoms with Crippen molar-refractivity contribution in [1.29, 1.82) is 0 Å². The van der Waals surface area contributed by atoms with Crippen molar-refractivity contribution in [3.05, 3.63) is 59.7 Å². The summed E-state index contributed by atoms with van der Waals surface area (Å²) >= 11 is 0. The van der Waals surface area contributed by atoms with Gasteiger partial charge in [-0.3, -0.25) is 4.90 Å². The topological polar surface area (TPSA) is 58.1 Å². The van der Waals surface area contributed by atoms with Crippen molar-refractivity contribution in [2.45, 2.75) is 32.5 Å². The van der Waals surface area contributed by atoms with Crippen LogP contribution in [-0.4, -0.2) is 50.8 Å². The summed E-state index contributed by atoms with van der Waals surface area (Å²) in [5.41, 5.74) is 2.41. The number of halogens is 1. The Morgan fingerprint density at radius 2 is 1.77 bits per heavy atom. The molecule has 1 heterocycles. The molecule has 3 rings (SSSR count). The van der Waals surface area contributed by atoms with Crippen LogP contribution in [0.25, 0.3) is 0 Å². The summed E-state index contributed by atoms with van der Waals surface area (Å²) in [7, 11) is 3.37. The van der Waals surface area contributed by atoms with E-state index in [9.17, 15) is 0 Å². The van der Waals surface area contributed by atoms with Crippen LogP contribution >= 0.6 is 24.0 Å². The molecule has 0 aromatic heterocycles. The van der Waals surface area contributed by atoms with Crippen molar-refractivity contribution in [1.82, 2.24) is 15.5 Å². The third kappa shape index (κ3) is 7.36. The summed E-state index contributed by atoms with van der Waals surface area (Å²) in [6.07, 6.45) is 1.09. The predicted molar refractivity (Wildman–Crippen MR) is 133 cm³/mol. The molecule has 0 radical (unpaired) electrons. The first kappa shape index (κ1) is 24.3. The lowest BCUT2D eigenvalue weighted by molar-refractivity contribution is 0.321. The Bertz CT molecular complexity index is 779. The minimum absolute atomic E-state index is 0. The second-order valence-corrected chi connectivity index (χ2v) is 7.27. The molecule has 0 aliphatic carbocycles. The molecule has 7 heteroatoms. The number of ether oxygens (including phenoxy) is 2. The average molecular weight is 524 g/mol. The fourth-order valence-corrected chi connectivity index (χ4v) is 3.58. The third-order valence-electron chi connectivity index (χ3n) is 5.04. The molecule has 1 atom stereocenters. The first-order chi connectivity index (χ1) is 14.2. The van der Waals surface area contributed by atoms with Gasteiger partial charge in [0.25, 0.3) is 0 Å². The van der Waals surface area contributed by atoms with Gasteiger partial charge in [-0.25, -0.2) is 4.99 Å². The van der Waals surface area contributed by atoms with E-state index in [0.29, 0.717) is 12.6 Å². The summed E-state index contributed by atoms with van der Waals surface area (Å²) in [6.45, 7) is 6.53. The van der Waals surface area contributed by atoms with Gasteiger partial charge in [0.15, 0.2) is 5.96 Å². The van der Waals surface area contributed by atoms with Gasteiger partial charge < -0.3 is 20.1 Å². The van der Waals surface area contributed by atoms with Gasteiger partial charge in [-0.1, -0.05) is 30.3 Å². The van der Waals surface area contributed by atoms with Crippen molar-refractivity contribution >= 4 is 29.9 Å². The Morgan fingerprint density at radius 1 is 1.07 bits per heavy atom. The number of hydrogen-bond acceptors (Lipinski definition) is 4. The monoisotopic (exact) mass is 524 g/mol. The maximum atomic E-state index is 5.39. The van der Waals surface area contributed by atoms with Gasteiger partial charge in [0.05, 0.1) is 20.8 Å². The standard InChI is InChI=1S/C23H32N4O2.HI/c1-4-24-23(25-15-18-8-6-5-7-9-18)26-20-10-11-27(17-20)16-19-12-21(28-2)14-22(13-19)29-3;/h5-9,12-14,20H,4,10-11,15-17H2,1-3H3,(H2,24,25,26);1H. The van der Waals surface area contributed by atoms with E-state index in [1.165, 1.54) is 11.1 Å². The molecule has 0 bridgehead atoms. The van der Waals surface area contributed by atoms with Crippen LogP contribution in [0.4, 0.5) is 0 Å². The SMILES string of the molecule is CCNC(=NCc1ccccc1)NC1CCN(Cc2cc(OC)cc(OC)c2)C1.I. The molecule has 6 nitrogen and oxygen atoms in total. The van der Waals surface area contributed by atoms with E-state index in [-0.39, 0.29) is 24.0 Å². The Labute approximate surface area is 197 Å². The van der Waals surface area contributed by atoms with Crippen LogP contribution in [0, 0.1) is 0 Å². The summed E-state index contributed by atoms with van der Waals surface area (Å²) in [5.74, 6) is 2.54. The molecule has 164 valence electrons. The highest BCUT2D eigenvalue weighted by atomic mass is 127. The van der Waals surface area contributed by atoms with Crippen LogP contribution in [0.3, 0.4) is 0 Å². The highest BCUT2D eigenvalue weighted by molar-refractivity contribution is 14.0. The van der Waals surface area contributed by atoms with Crippen molar-refractivity contribution in [3.8, 4) is 11.5 Å². The minimum atomic E-state index is 0. The molecule has 1 unspecified atom stereocenters. The minimum Gasteiger partial charge on any atom is -0.497 e. The molecule has 2 N–H and O–H groups in total. The van der Waals surface area contributed by atoms with Gasteiger partial charge in [0, 0.05) is 38.3 Å². The number of methoxy groups -OCH3 is 2. The number of nitrogens with one attached hydrogen (secondary N) is 2. The van der Waals surface area contributed by atoms with Crippen molar-refractivity contribution < 1.29 is 9.47 Å². The van der Waals surface area contributed by atoms with E-state index in [1.54, 1.807) is 14.2 Å². The van der Waals surface area contributed by atoms with E-state index in [4.69, 9.17) is 14.5 Å². The summed E-state index contributed by atoms with van der Waals surface area (Å²) in [5, 5.41) is 6.96. The molecule has 1 aliphatic rings. The normalized spacial score (nSPS) is 16.6. The Kier molecular flexibility index (Phi) is 10.2. The van der Waals surface area contributed by atoms with Crippen LogP contribution < -0.4 is 20.1 Å². The van der Waals surface area contributed by atoms with Crippen molar-refractivity contribution in [2.75, 3.05) is 33.9 Å². The number of likely N-dealkylation sites (tertiary alicyclic amines) is 1. The third-order valence-corrected chi connectivity index (χ3v) is 5.04. The maximum Gasteiger partial charge on any atom is 0.191 e. The predicted octanol–water partition coefficient (Wildman–Crippen LogP) is 3.65. The van der Waals surface area contributed by atoms with Crippen molar-refractivity contribution in [3.63, 3.8) is 0 Å². The quantitative estimate of drug-likeness (QED) is 0.314. The van der Waals surface area contributed by atoms with Gasteiger partial charge in [-0.05, 0) is 36.6 Å². The lowest BCUT2D eigenvalue weighted by Crippen LogP contribution is -2.44.